The van der Waals surface area contributed by atoms with Crippen molar-refractivity contribution in [2.45, 2.75) is 213 Å². The number of phosphoric ester groups is 1. The van der Waals surface area contributed by atoms with Gasteiger partial charge in [-0.2, -0.15) is 0 Å². The number of ether oxygens (including phenoxy) is 3. The van der Waals surface area contributed by atoms with Gasteiger partial charge in [0, 0.05) is 19.3 Å². The molecule has 2 N–H and O–H groups in total. The summed E-state index contributed by atoms with van der Waals surface area (Å²) in [6.45, 7) is 4.18. The van der Waals surface area contributed by atoms with Crippen LogP contribution in [0.1, 0.15) is 201 Å². The van der Waals surface area contributed by atoms with Crippen LogP contribution in [0.3, 0.4) is 0 Å². The highest BCUT2D eigenvalue weighted by atomic mass is 31.2. The molecule has 0 aliphatic heterocycles. The molecule has 0 saturated heterocycles. The Labute approximate surface area is 449 Å². The Hall–Kier alpha value is -4.38. The van der Waals surface area contributed by atoms with E-state index in [1.165, 1.54) is 0 Å². The van der Waals surface area contributed by atoms with Crippen LogP contribution in [0.2, 0.25) is 0 Å². The van der Waals surface area contributed by atoms with Gasteiger partial charge in [0.2, 0.25) is 0 Å². The summed E-state index contributed by atoms with van der Waals surface area (Å²) < 4.78 is 39.4. The summed E-state index contributed by atoms with van der Waals surface area (Å²) in [4.78, 5) is 48.5. The molecule has 0 aromatic carbocycles. The van der Waals surface area contributed by atoms with E-state index in [-0.39, 0.29) is 25.9 Å². The maximum absolute atomic E-state index is 12.9. The van der Waals surface area contributed by atoms with Gasteiger partial charge < -0.3 is 24.2 Å². The molecule has 3 unspecified atom stereocenters. The van der Waals surface area contributed by atoms with Gasteiger partial charge >= 0.3 is 25.7 Å². The summed E-state index contributed by atoms with van der Waals surface area (Å²) in [6.07, 6.45) is 68.4. The average Bonchev–Trinajstić information content (AvgIpc) is 3.39. The average molecular weight is 1050 g/mol. The number of aliphatic hydroxyl groups is 1. The van der Waals surface area contributed by atoms with Gasteiger partial charge in [-0.1, -0.05) is 187 Å². The number of esters is 3. The van der Waals surface area contributed by atoms with Crippen molar-refractivity contribution in [3.63, 3.8) is 0 Å². The molecule has 3 atom stereocenters. The molecule has 0 fully saturated rings. The lowest BCUT2D eigenvalue weighted by atomic mass is 10.1. The van der Waals surface area contributed by atoms with E-state index < -0.39 is 57.8 Å². The van der Waals surface area contributed by atoms with Crippen molar-refractivity contribution in [3.05, 3.63) is 134 Å². The molecule has 418 valence electrons. The van der Waals surface area contributed by atoms with Crippen molar-refractivity contribution in [1.29, 1.82) is 0 Å². The molecule has 0 aromatic heterocycles. The van der Waals surface area contributed by atoms with Crippen LogP contribution in [0.25, 0.3) is 0 Å². The summed E-state index contributed by atoms with van der Waals surface area (Å²) in [5, 5.41) is 9.80. The molecule has 11 nitrogen and oxygen atoms in total. The van der Waals surface area contributed by atoms with Gasteiger partial charge in [-0.15, -0.1) is 0 Å². The number of aliphatic hydroxyl groups excluding tert-OH is 1. The zero-order chi connectivity index (χ0) is 54.1. The van der Waals surface area contributed by atoms with Crippen LogP contribution in [-0.4, -0.2) is 66.5 Å². The van der Waals surface area contributed by atoms with Crippen LogP contribution in [0.4, 0.5) is 0 Å². The molecule has 0 radical (unpaired) electrons. The highest BCUT2D eigenvalue weighted by Crippen LogP contribution is 2.43. The normalized spacial score (nSPS) is 14.4. The molecule has 0 heterocycles. The van der Waals surface area contributed by atoms with Crippen molar-refractivity contribution >= 4 is 25.7 Å². The molecule has 0 aliphatic rings. The van der Waals surface area contributed by atoms with Gasteiger partial charge in [0.25, 0.3) is 0 Å². The van der Waals surface area contributed by atoms with Crippen molar-refractivity contribution in [1.82, 2.24) is 0 Å². The maximum atomic E-state index is 12.9. The topological polar surface area (TPSA) is 155 Å². The summed E-state index contributed by atoms with van der Waals surface area (Å²) in [6, 6.07) is 0. The quantitative estimate of drug-likeness (QED) is 0.0197. The fourth-order valence-electron chi connectivity index (χ4n) is 6.88. The zero-order valence-corrected chi connectivity index (χ0v) is 46.9. The Balaban J connectivity index is 4.87. The van der Waals surface area contributed by atoms with E-state index in [2.05, 4.69) is 154 Å². The first kappa shape index (κ1) is 69.6. The number of carbonyl (C=O) groups is 3. The highest BCUT2D eigenvalue weighted by Gasteiger charge is 2.28. The maximum Gasteiger partial charge on any atom is 0.472 e. The van der Waals surface area contributed by atoms with Gasteiger partial charge in [0.05, 0.1) is 19.8 Å². The molecule has 0 amide bonds. The second kappa shape index (κ2) is 54.9. The summed E-state index contributed by atoms with van der Waals surface area (Å²) >= 11 is 0. The molecule has 12 heteroatoms. The van der Waals surface area contributed by atoms with Crippen molar-refractivity contribution < 1.29 is 52.2 Å². The summed E-state index contributed by atoms with van der Waals surface area (Å²) in [5.41, 5.74) is 0. The Morgan fingerprint density at radius 3 is 1.03 bits per heavy atom. The second-order valence-electron chi connectivity index (χ2n) is 18.0. The van der Waals surface area contributed by atoms with Gasteiger partial charge in [-0.25, -0.2) is 4.57 Å². The van der Waals surface area contributed by atoms with Gasteiger partial charge in [-0.05, 0) is 128 Å². The number of phosphoric acid groups is 1. The number of rotatable bonds is 50. The number of hydrogen-bond acceptors (Lipinski definition) is 10. The standard InChI is InChI=1S/C62H99O11P/c1-4-7-10-13-16-19-22-25-27-28-29-30-32-35-38-41-44-47-50-53-62(66)73-59(55-69-60(64)51-48-45-42-39-36-34-31-26-23-20-17-14-11-8-5-2)57-71-74(67,68)70-56-58(54-63)72-61(65)52-49-46-43-40-37-33-24-21-18-15-12-9-6-3/h7-12,16-21,25-27,29-31,33,35,37-38,58-59,63H,4-6,13-15,22-24,28,32,34,36,39-57H2,1-3H3,(H,67,68)/b10-7-,11-8-,12-9-,19-16-,20-17-,21-18-,27-25-,30-29-,31-26-,37-33-,38-35-. The Morgan fingerprint density at radius 1 is 0.378 bits per heavy atom. The van der Waals surface area contributed by atoms with E-state index in [4.69, 9.17) is 23.3 Å². The molecule has 0 aromatic rings. The van der Waals surface area contributed by atoms with Gasteiger partial charge in [0.1, 0.15) is 12.7 Å². The third-order valence-corrected chi connectivity index (χ3v) is 12.0. The minimum atomic E-state index is -4.78. The predicted octanol–water partition coefficient (Wildman–Crippen LogP) is 16.6. The van der Waals surface area contributed by atoms with Crippen molar-refractivity contribution in [2.24, 2.45) is 0 Å². The van der Waals surface area contributed by atoms with Crippen LogP contribution < -0.4 is 0 Å². The fourth-order valence-corrected chi connectivity index (χ4v) is 7.66. The molecule has 0 aliphatic carbocycles. The number of hydrogen-bond donors (Lipinski definition) is 2. The lowest BCUT2D eigenvalue weighted by Gasteiger charge is -2.21. The molecule has 0 saturated carbocycles. The van der Waals surface area contributed by atoms with Crippen LogP contribution in [-0.2, 0) is 42.2 Å². The minimum Gasteiger partial charge on any atom is -0.462 e. The van der Waals surface area contributed by atoms with E-state index in [0.717, 1.165) is 141 Å². The Kier molecular flexibility index (Phi) is 51.6. The molecule has 0 bridgehead atoms. The monoisotopic (exact) mass is 1050 g/mol. The molecular weight excluding hydrogens is 952 g/mol. The van der Waals surface area contributed by atoms with E-state index in [1.54, 1.807) is 0 Å². The fraction of sp³-hybridized carbons (Fsp3) is 0.597. The molecule has 74 heavy (non-hydrogen) atoms. The number of unbranched alkanes of at least 4 members (excludes halogenated alkanes) is 11. The lowest BCUT2D eigenvalue weighted by molar-refractivity contribution is -0.161. The first-order chi connectivity index (χ1) is 36.2. The van der Waals surface area contributed by atoms with Gasteiger partial charge in [-0.3, -0.25) is 23.4 Å². The van der Waals surface area contributed by atoms with E-state index >= 15 is 0 Å². The Bertz CT molecular complexity index is 1750. The first-order valence-corrected chi connectivity index (χ1v) is 29.6. The zero-order valence-electron chi connectivity index (χ0n) is 46.0. The lowest BCUT2D eigenvalue weighted by Crippen LogP contribution is -2.30. The third kappa shape index (κ3) is 52.5. The summed E-state index contributed by atoms with van der Waals surface area (Å²) in [5.74, 6) is -1.57. The smallest absolute Gasteiger partial charge is 0.462 e. The van der Waals surface area contributed by atoms with Crippen molar-refractivity contribution in [3.8, 4) is 0 Å². The van der Waals surface area contributed by atoms with Crippen LogP contribution in [0.15, 0.2) is 134 Å². The van der Waals surface area contributed by atoms with E-state index in [9.17, 15) is 28.9 Å². The van der Waals surface area contributed by atoms with Crippen molar-refractivity contribution in [2.75, 3.05) is 26.4 Å². The van der Waals surface area contributed by atoms with Crippen LogP contribution in [0, 0.1) is 0 Å². The molecule has 0 rings (SSSR count). The number of carbonyl (C=O) groups excluding carboxylic acids is 3. The van der Waals surface area contributed by atoms with Crippen LogP contribution >= 0.6 is 7.82 Å². The van der Waals surface area contributed by atoms with E-state index in [0.29, 0.717) is 19.3 Å². The van der Waals surface area contributed by atoms with Crippen LogP contribution in [0.5, 0.6) is 0 Å². The highest BCUT2D eigenvalue weighted by molar-refractivity contribution is 7.47. The second-order valence-corrected chi connectivity index (χ2v) is 19.4. The van der Waals surface area contributed by atoms with E-state index in [1.807, 2.05) is 0 Å². The first-order valence-electron chi connectivity index (χ1n) is 28.1. The molecule has 0 spiro atoms. The minimum absolute atomic E-state index is 0.114. The molecular formula is C62H99O11P. The third-order valence-electron chi connectivity index (χ3n) is 11.1. The van der Waals surface area contributed by atoms with Gasteiger partial charge in [0.15, 0.2) is 6.10 Å². The Morgan fingerprint density at radius 2 is 0.662 bits per heavy atom. The SMILES string of the molecule is CC/C=C\C/C=C\C/C=C\C/C=C\C/C=C\CCCCCC(=O)OC(COC(=O)CCCCCCC/C=C\C/C=C\C/C=C\CC)COP(=O)(O)OCC(CO)OC(=O)CCCCC/C=C\C/C=C\C/C=C\CC. The summed E-state index contributed by atoms with van der Waals surface area (Å²) in [7, 11) is -4.78. The largest absolute Gasteiger partial charge is 0.472 e. The number of allylic oxidation sites excluding steroid dienone is 22. The predicted molar refractivity (Wildman–Crippen MR) is 306 cm³/mol.